The Labute approximate surface area is 212 Å². The Hall–Kier alpha value is -3.82. The smallest absolute Gasteiger partial charge is 0.408 e. The number of carbonyl (C=O) groups excluding carboxylic acids is 4. The summed E-state index contributed by atoms with van der Waals surface area (Å²) in [6.45, 7) is 17.3. The SMILES string of the molecule is C=CC[C@H](NC(=O)OC(C)(C)C)C(=O)Oc1ccccc1OC(=O)[C@H](CC=C)NC(=O)OC(C)(C)C. The molecule has 1 rings (SSSR count). The van der Waals surface area contributed by atoms with Gasteiger partial charge in [0.15, 0.2) is 11.5 Å². The third kappa shape index (κ3) is 11.5. The second-order valence-corrected chi connectivity index (χ2v) is 9.74. The van der Waals surface area contributed by atoms with Gasteiger partial charge < -0.3 is 29.6 Å². The minimum atomic E-state index is -1.09. The average molecular weight is 505 g/mol. The number of rotatable bonds is 10. The van der Waals surface area contributed by atoms with Gasteiger partial charge in [0, 0.05) is 0 Å². The third-order valence-corrected chi connectivity index (χ3v) is 4.03. The molecule has 10 nitrogen and oxygen atoms in total. The van der Waals surface area contributed by atoms with Gasteiger partial charge >= 0.3 is 24.1 Å². The van der Waals surface area contributed by atoms with Crippen LogP contribution in [0.5, 0.6) is 11.5 Å². The lowest BCUT2D eigenvalue weighted by molar-refractivity contribution is -0.139. The summed E-state index contributed by atoms with van der Waals surface area (Å²) in [5.41, 5.74) is -1.52. The Balaban J connectivity index is 2.99. The molecule has 0 aliphatic carbocycles. The number of hydrogen-bond acceptors (Lipinski definition) is 8. The van der Waals surface area contributed by atoms with Crippen LogP contribution in [-0.4, -0.2) is 47.4 Å². The van der Waals surface area contributed by atoms with Gasteiger partial charge in [0.05, 0.1) is 0 Å². The molecule has 36 heavy (non-hydrogen) atoms. The summed E-state index contributed by atoms with van der Waals surface area (Å²) in [6, 6.07) is 3.80. The molecule has 1 aromatic rings. The van der Waals surface area contributed by atoms with E-state index in [1.807, 2.05) is 0 Å². The van der Waals surface area contributed by atoms with Crippen LogP contribution in [0.4, 0.5) is 9.59 Å². The van der Waals surface area contributed by atoms with E-state index in [-0.39, 0.29) is 24.3 Å². The van der Waals surface area contributed by atoms with Crippen molar-refractivity contribution in [3.05, 3.63) is 49.6 Å². The number of esters is 2. The van der Waals surface area contributed by atoms with Crippen molar-refractivity contribution in [1.29, 1.82) is 0 Å². The molecule has 10 heteroatoms. The van der Waals surface area contributed by atoms with Crippen LogP contribution < -0.4 is 20.1 Å². The van der Waals surface area contributed by atoms with Crippen LogP contribution in [0.2, 0.25) is 0 Å². The Morgan fingerprint density at radius 2 is 1.08 bits per heavy atom. The van der Waals surface area contributed by atoms with E-state index in [1.165, 1.54) is 24.3 Å². The van der Waals surface area contributed by atoms with Crippen molar-refractivity contribution >= 4 is 24.1 Å². The van der Waals surface area contributed by atoms with E-state index in [2.05, 4.69) is 23.8 Å². The molecule has 2 amide bonds. The molecule has 0 heterocycles. The zero-order chi connectivity index (χ0) is 27.5. The number of carbonyl (C=O) groups is 4. The molecule has 0 saturated carbocycles. The molecule has 1 aromatic carbocycles. The maximum atomic E-state index is 12.8. The number of amides is 2. The van der Waals surface area contributed by atoms with Gasteiger partial charge in [-0.3, -0.25) is 0 Å². The van der Waals surface area contributed by atoms with Crippen LogP contribution >= 0.6 is 0 Å². The third-order valence-electron chi connectivity index (χ3n) is 4.03. The van der Waals surface area contributed by atoms with Crippen molar-refractivity contribution in [3.63, 3.8) is 0 Å². The molecule has 0 bridgehead atoms. The zero-order valence-electron chi connectivity index (χ0n) is 21.7. The molecule has 2 N–H and O–H groups in total. The van der Waals surface area contributed by atoms with Crippen molar-refractivity contribution < 1.29 is 38.1 Å². The van der Waals surface area contributed by atoms with Gasteiger partial charge in [-0.2, -0.15) is 0 Å². The standard InChI is InChI=1S/C26H36N2O8/c1-9-13-17(27-23(31)35-25(3,4)5)21(29)33-19-15-11-12-16-20(19)34-22(30)18(14-10-2)28-24(32)36-26(6,7)8/h9-12,15-18H,1-2,13-14H2,3-8H3,(H,27,31)(H,28,32)/t17-,18-/m0/s1. The highest BCUT2D eigenvalue weighted by Gasteiger charge is 2.28. The predicted octanol–water partition coefficient (Wildman–Crippen LogP) is 4.44. The summed E-state index contributed by atoms with van der Waals surface area (Å²) in [7, 11) is 0. The first-order chi connectivity index (χ1) is 16.6. The molecule has 0 aliphatic rings. The fraction of sp³-hybridized carbons (Fsp3) is 0.462. The van der Waals surface area contributed by atoms with E-state index in [4.69, 9.17) is 18.9 Å². The van der Waals surface area contributed by atoms with Crippen LogP contribution in [-0.2, 0) is 19.1 Å². The minimum absolute atomic E-state index is 0.0643. The average Bonchev–Trinajstić information content (AvgIpc) is 2.71. The number of benzene rings is 1. The fourth-order valence-electron chi connectivity index (χ4n) is 2.64. The van der Waals surface area contributed by atoms with Crippen molar-refractivity contribution in [1.82, 2.24) is 10.6 Å². The molecule has 0 spiro atoms. The molecule has 0 aliphatic heterocycles. The Kier molecular flexibility index (Phi) is 11.2. The van der Waals surface area contributed by atoms with Crippen molar-refractivity contribution in [2.75, 3.05) is 0 Å². The van der Waals surface area contributed by atoms with Gasteiger partial charge in [0.2, 0.25) is 0 Å². The van der Waals surface area contributed by atoms with Crippen molar-refractivity contribution in [2.24, 2.45) is 0 Å². The maximum Gasteiger partial charge on any atom is 0.408 e. The van der Waals surface area contributed by atoms with Gasteiger partial charge in [-0.25, -0.2) is 19.2 Å². The summed E-state index contributed by atoms with van der Waals surface area (Å²) in [6.07, 6.45) is 1.43. The quantitative estimate of drug-likeness (QED) is 0.272. The van der Waals surface area contributed by atoms with E-state index in [0.29, 0.717) is 0 Å². The van der Waals surface area contributed by atoms with Crippen LogP contribution in [0.1, 0.15) is 54.4 Å². The van der Waals surface area contributed by atoms with Crippen molar-refractivity contribution in [2.45, 2.75) is 77.7 Å². The minimum Gasteiger partial charge on any atom is -0.444 e. The highest BCUT2D eigenvalue weighted by Crippen LogP contribution is 2.27. The van der Waals surface area contributed by atoms with Crippen molar-refractivity contribution in [3.8, 4) is 11.5 Å². The molecular weight excluding hydrogens is 468 g/mol. The van der Waals surface area contributed by atoms with Gasteiger partial charge in [-0.05, 0) is 66.5 Å². The van der Waals surface area contributed by atoms with E-state index in [1.54, 1.807) is 53.7 Å². The molecule has 0 fully saturated rings. The summed E-state index contributed by atoms with van der Waals surface area (Å²) in [5, 5.41) is 4.89. The molecule has 0 saturated heterocycles. The highest BCUT2D eigenvalue weighted by atomic mass is 16.6. The monoisotopic (exact) mass is 504 g/mol. The Morgan fingerprint density at radius 1 is 0.750 bits per heavy atom. The van der Waals surface area contributed by atoms with Gasteiger partial charge in [-0.15, -0.1) is 13.2 Å². The largest absolute Gasteiger partial charge is 0.444 e. The second kappa shape index (κ2) is 13.3. The van der Waals surface area contributed by atoms with Crippen LogP contribution in [0.3, 0.4) is 0 Å². The number of nitrogens with one attached hydrogen (secondary N) is 2. The van der Waals surface area contributed by atoms with E-state index < -0.39 is 47.4 Å². The zero-order valence-corrected chi connectivity index (χ0v) is 21.7. The predicted molar refractivity (Wildman–Crippen MR) is 134 cm³/mol. The van der Waals surface area contributed by atoms with E-state index in [9.17, 15) is 19.2 Å². The van der Waals surface area contributed by atoms with Gasteiger partial charge in [-0.1, -0.05) is 24.3 Å². The first-order valence-electron chi connectivity index (χ1n) is 11.4. The number of para-hydroxylation sites is 2. The molecule has 0 aromatic heterocycles. The Morgan fingerprint density at radius 3 is 1.36 bits per heavy atom. The fourth-order valence-corrected chi connectivity index (χ4v) is 2.64. The van der Waals surface area contributed by atoms with Crippen LogP contribution in [0, 0.1) is 0 Å². The van der Waals surface area contributed by atoms with Gasteiger partial charge in [0.25, 0.3) is 0 Å². The number of ether oxygens (including phenoxy) is 4. The summed E-state index contributed by atoms with van der Waals surface area (Å²) in [4.78, 5) is 49.8. The molecule has 0 radical (unpaired) electrons. The summed E-state index contributed by atoms with van der Waals surface area (Å²) < 4.78 is 21.2. The lowest BCUT2D eigenvalue weighted by atomic mass is 10.2. The lowest BCUT2D eigenvalue weighted by Crippen LogP contribution is -2.45. The number of hydrogen-bond donors (Lipinski definition) is 2. The van der Waals surface area contributed by atoms with E-state index in [0.717, 1.165) is 0 Å². The highest BCUT2D eigenvalue weighted by molar-refractivity contribution is 5.85. The molecule has 2 atom stereocenters. The summed E-state index contributed by atoms with van der Waals surface area (Å²) in [5.74, 6) is -1.77. The lowest BCUT2D eigenvalue weighted by Gasteiger charge is -2.23. The summed E-state index contributed by atoms with van der Waals surface area (Å²) >= 11 is 0. The Bertz CT molecular complexity index is 882. The molecule has 198 valence electrons. The first kappa shape index (κ1) is 30.2. The normalized spacial score (nSPS) is 12.8. The molecule has 0 unspecified atom stereocenters. The van der Waals surface area contributed by atoms with Gasteiger partial charge in [0.1, 0.15) is 23.3 Å². The topological polar surface area (TPSA) is 129 Å². The number of alkyl carbamates (subject to hydrolysis) is 2. The van der Waals surface area contributed by atoms with Crippen LogP contribution in [0.15, 0.2) is 49.6 Å². The molecular formula is C26H36N2O8. The van der Waals surface area contributed by atoms with Crippen LogP contribution in [0.25, 0.3) is 0 Å². The first-order valence-corrected chi connectivity index (χ1v) is 11.4. The maximum absolute atomic E-state index is 12.8. The second-order valence-electron chi connectivity index (χ2n) is 9.74. The van der Waals surface area contributed by atoms with E-state index >= 15 is 0 Å².